The Bertz CT molecular complexity index is 637. The summed E-state index contributed by atoms with van der Waals surface area (Å²) in [6, 6.07) is 11.0. The van der Waals surface area contributed by atoms with E-state index in [1.807, 2.05) is 36.6 Å². The van der Waals surface area contributed by atoms with Crippen molar-refractivity contribution in [1.29, 1.82) is 0 Å². The van der Waals surface area contributed by atoms with Crippen LogP contribution in [-0.2, 0) is 11.3 Å². The highest BCUT2D eigenvalue weighted by Crippen LogP contribution is 2.18. The van der Waals surface area contributed by atoms with Gasteiger partial charge in [-0.15, -0.1) is 11.3 Å². The van der Waals surface area contributed by atoms with Gasteiger partial charge in [0.2, 0.25) is 5.91 Å². The molecule has 1 amide bonds. The van der Waals surface area contributed by atoms with Crippen LogP contribution >= 0.6 is 11.3 Å². The van der Waals surface area contributed by atoms with Gasteiger partial charge in [0, 0.05) is 4.88 Å². The topological polar surface area (TPSA) is 87.7 Å². The van der Waals surface area contributed by atoms with Crippen LogP contribution in [-0.4, -0.2) is 17.0 Å². The van der Waals surface area contributed by atoms with Gasteiger partial charge in [-0.05, 0) is 29.5 Å². The summed E-state index contributed by atoms with van der Waals surface area (Å²) in [4.78, 5) is 13.5. The maximum Gasteiger partial charge on any atom is 0.235 e. The molecule has 4 N–H and O–H groups in total. The van der Waals surface area contributed by atoms with Gasteiger partial charge in [0.05, 0.1) is 6.54 Å². The van der Waals surface area contributed by atoms with Crippen LogP contribution in [0.5, 0.6) is 0 Å². The van der Waals surface area contributed by atoms with Gasteiger partial charge in [0.15, 0.2) is 5.84 Å². The van der Waals surface area contributed by atoms with Crippen molar-refractivity contribution in [3.05, 3.63) is 57.8 Å². The summed E-state index contributed by atoms with van der Waals surface area (Å²) in [5, 5.41) is 16.7. The summed E-state index contributed by atoms with van der Waals surface area (Å²) in [7, 11) is 0. The molecule has 0 aliphatic carbocycles. The van der Waals surface area contributed by atoms with Crippen molar-refractivity contribution in [2.45, 2.75) is 19.4 Å². The summed E-state index contributed by atoms with van der Waals surface area (Å²) >= 11 is 1.59. The SMILES string of the molecule is Cc1ccsc1CNC(=O)C(/C(N)=N/O)c1ccccc1. The van der Waals surface area contributed by atoms with Crippen LogP contribution in [0.25, 0.3) is 0 Å². The average molecular weight is 303 g/mol. The highest BCUT2D eigenvalue weighted by Gasteiger charge is 2.25. The lowest BCUT2D eigenvalue weighted by Gasteiger charge is -2.15. The molecule has 0 radical (unpaired) electrons. The summed E-state index contributed by atoms with van der Waals surface area (Å²) in [5.41, 5.74) is 7.50. The third kappa shape index (κ3) is 3.61. The summed E-state index contributed by atoms with van der Waals surface area (Å²) in [6.45, 7) is 2.43. The fraction of sp³-hybridized carbons (Fsp3) is 0.200. The molecular weight excluding hydrogens is 286 g/mol. The van der Waals surface area contributed by atoms with Crippen molar-refractivity contribution in [2.24, 2.45) is 10.9 Å². The van der Waals surface area contributed by atoms with Gasteiger partial charge in [-0.3, -0.25) is 4.79 Å². The predicted octanol–water partition coefficient (Wildman–Crippen LogP) is 2.20. The Balaban J connectivity index is 2.14. The number of nitrogens with one attached hydrogen (secondary N) is 1. The van der Waals surface area contributed by atoms with Gasteiger partial charge in [-0.1, -0.05) is 35.5 Å². The number of aryl methyl sites for hydroxylation is 1. The van der Waals surface area contributed by atoms with Crippen molar-refractivity contribution in [1.82, 2.24) is 5.32 Å². The first-order valence-corrected chi connectivity index (χ1v) is 7.34. The van der Waals surface area contributed by atoms with E-state index < -0.39 is 5.92 Å². The van der Waals surface area contributed by atoms with Crippen LogP contribution in [0.15, 0.2) is 46.9 Å². The second-order valence-electron chi connectivity index (χ2n) is 4.61. The zero-order chi connectivity index (χ0) is 15.2. The molecule has 1 atom stereocenters. The lowest BCUT2D eigenvalue weighted by atomic mass is 9.97. The van der Waals surface area contributed by atoms with Crippen molar-refractivity contribution >= 4 is 23.1 Å². The van der Waals surface area contributed by atoms with Gasteiger partial charge in [-0.2, -0.15) is 0 Å². The molecule has 0 spiro atoms. The van der Waals surface area contributed by atoms with E-state index in [1.54, 1.807) is 23.5 Å². The summed E-state index contributed by atoms with van der Waals surface area (Å²) < 4.78 is 0. The second kappa shape index (κ2) is 6.90. The lowest BCUT2D eigenvalue weighted by molar-refractivity contribution is -0.121. The first-order valence-electron chi connectivity index (χ1n) is 6.46. The number of rotatable bonds is 5. The molecule has 6 heteroatoms. The third-order valence-corrected chi connectivity index (χ3v) is 4.22. The van der Waals surface area contributed by atoms with Crippen molar-refractivity contribution in [3.8, 4) is 0 Å². The second-order valence-corrected chi connectivity index (χ2v) is 5.61. The maximum absolute atomic E-state index is 12.4. The van der Waals surface area contributed by atoms with Gasteiger partial charge >= 0.3 is 0 Å². The highest BCUT2D eigenvalue weighted by molar-refractivity contribution is 7.10. The molecule has 0 aliphatic rings. The Morgan fingerprint density at radius 3 is 2.67 bits per heavy atom. The van der Waals surface area contributed by atoms with E-state index >= 15 is 0 Å². The molecule has 1 aromatic carbocycles. The number of amidine groups is 1. The molecule has 0 aliphatic heterocycles. The molecule has 0 bridgehead atoms. The minimum atomic E-state index is -0.795. The molecular formula is C15H17N3O2S. The van der Waals surface area contributed by atoms with E-state index in [2.05, 4.69) is 10.5 Å². The molecule has 1 aromatic heterocycles. The van der Waals surface area contributed by atoms with Crippen LogP contribution in [0.4, 0.5) is 0 Å². The Kier molecular flexibility index (Phi) is 4.94. The van der Waals surface area contributed by atoms with Crippen molar-refractivity contribution in [3.63, 3.8) is 0 Å². The van der Waals surface area contributed by atoms with E-state index in [1.165, 1.54) is 0 Å². The zero-order valence-corrected chi connectivity index (χ0v) is 12.4. The molecule has 21 heavy (non-hydrogen) atoms. The van der Waals surface area contributed by atoms with Crippen LogP contribution in [0.3, 0.4) is 0 Å². The lowest BCUT2D eigenvalue weighted by Crippen LogP contribution is -2.36. The van der Waals surface area contributed by atoms with Gasteiger partial charge in [0.25, 0.3) is 0 Å². The van der Waals surface area contributed by atoms with E-state index in [4.69, 9.17) is 10.9 Å². The normalized spacial score (nSPS) is 12.9. The number of nitrogens with two attached hydrogens (primary N) is 1. The van der Waals surface area contributed by atoms with E-state index in [0.717, 1.165) is 10.4 Å². The zero-order valence-electron chi connectivity index (χ0n) is 11.6. The quantitative estimate of drug-likeness (QED) is 0.342. The number of carbonyl (C=O) groups is 1. The Hall–Kier alpha value is -2.34. The van der Waals surface area contributed by atoms with Crippen molar-refractivity contribution in [2.75, 3.05) is 0 Å². The number of oxime groups is 1. The standard InChI is InChI=1S/C15H17N3O2S/c1-10-7-8-21-12(10)9-17-15(19)13(14(16)18-20)11-5-3-2-4-6-11/h2-8,13,20H,9H2,1H3,(H2,16,18)(H,17,19). The highest BCUT2D eigenvalue weighted by atomic mass is 32.1. The minimum Gasteiger partial charge on any atom is -0.409 e. The van der Waals surface area contributed by atoms with E-state index in [-0.39, 0.29) is 11.7 Å². The molecule has 2 rings (SSSR count). The fourth-order valence-electron chi connectivity index (χ4n) is 2.01. The van der Waals surface area contributed by atoms with Crippen LogP contribution in [0, 0.1) is 6.92 Å². The molecule has 1 unspecified atom stereocenters. The Morgan fingerprint density at radius 1 is 1.38 bits per heavy atom. The molecule has 5 nitrogen and oxygen atoms in total. The number of thiophene rings is 1. The third-order valence-electron chi connectivity index (χ3n) is 3.20. The van der Waals surface area contributed by atoms with E-state index in [0.29, 0.717) is 12.1 Å². The minimum absolute atomic E-state index is 0.124. The van der Waals surface area contributed by atoms with Crippen molar-refractivity contribution < 1.29 is 10.0 Å². The summed E-state index contributed by atoms with van der Waals surface area (Å²) in [5.74, 6) is -1.21. The first-order chi connectivity index (χ1) is 10.1. The fourth-order valence-corrected chi connectivity index (χ4v) is 2.86. The molecule has 0 fully saturated rings. The molecule has 0 saturated carbocycles. The van der Waals surface area contributed by atoms with E-state index in [9.17, 15) is 4.79 Å². The van der Waals surface area contributed by atoms with Crippen LogP contribution in [0.2, 0.25) is 0 Å². The maximum atomic E-state index is 12.4. The molecule has 110 valence electrons. The molecule has 1 heterocycles. The monoisotopic (exact) mass is 303 g/mol. The smallest absolute Gasteiger partial charge is 0.235 e. The number of carbonyl (C=O) groups excluding carboxylic acids is 1. The number of benzene rings is 1. The van der Waals surface area contributed by atoms with Gasteiger partial charge in [-0.25, -0.2) is 0 Å². The number of hydrogen-bond acceptors (Lipinski definition) is 4. The van der Waals surface area contributed by atoms with Crippen LogP contribution in [0.1, 0.15) is 21.9 Å². The average Bonchev–Trinajstić information content (AvgIpc) is 2.91. The largest absolute Gasteiger partial charge is 0.409 e. The Morgan fingerprint density at radius 2 is 2.10 bits per heavy atom. The predicted molar refractivity (Wildman–Crippen MR) is 83.5 cm³/mol. The summed E-state index contributed by atoms with van der Waals surface area (Å²) in [6.07, 6.45) is 0. The molecule has 2 aromatic rings. The Labute approximate surface area is 127 Å². The first kappa shape index (κ1) is 15.1. The number of amides is 1. The number of hydrogen-bond donors (Lipinski definition) is 3. The van der Waals surface area contributed by atoms with Crippen LogP contribution < -0.4 is 11.1 Å². The van der Waals surface area contributed by atoms with Gasteiger partial charge < -0.3 is 16.3 Å². The molecule has 0 saturated heterocycles. The number of nitrogens with zero attached hydrogens (tertiary/aromatic N) is 1. The van der Waals surface area contributed by atoms with Gasteiger partial charge in [0.1, 0.15) is 5.92 Å².